The number of hydrogen-bond acceptors (Lipinski definition) is 2. The fourth-order valence-corrected chi connectivity index (χ4v) is 3.20. The third kappa shape index (κ3) is 3.83. The van der Waals surface area contributed by atoms with Gasteiger partial charge in [-0.25, -0.2) is 0 Å². The van der Waals surface area contributed by atoms with E-state index in [0.717, 1.165) is 12.5 Å². The van der Waals surface area contributed by atoms with Crippen molar-refractivity contribution in [1.82, 2.24) is 5.32 Å². The van der Waals surface area contributed by atoms with Crippen LogP contribution in [0.25, 0.3) is 0 Å². The Morgan fingerprint density at radius 2 is 2.06 bits per heavy atom. The van der Waals surface area contributed by atoms with Crippen molar-refractivity contribution in [3.63, 3.8) is 0 Å². The van der Waals surface area contributed by atoms with Gasteiger partial charge in [0.25, 0.3) is 0 Å². The lowest BCUT2D eigenvalue weighted by atomic mass is 9.90. The highest BCUT2D eigenvalue weighted by Crippen LogP contribution is 2.38. The van der Waals surface area contributed by atoms with Crippen LogP contribution in [-0.4, -0.2) is 25.8 Å². The Morgan fingerprint density at radius 3 is 2.72 bits per heavy atom. The average molecular weight is 251 g/mol. The van der Waals surface area contributed by atoms with Crippen molar-refractivity contribution >= 4 is 0 Å². The number of rotatable bonds is 6. The van der Waals surface area contributed by atoms with Gasteiger partial charge in [0, 0.05) is 7.11 Å². The topological polar surface area (TPSA) is 21.3 Å². The van der Waals surface area contributed by atoms with Crippen LogP contribution < -0.4 is 5.32 Å². The molecule has 0 aromatic rings. The Morgan fingerprint density at radius 1 is 1.28 bits per heavy atom. The second-order valence-electron chi connectivity index (χ2n) is 5.81. The van der Waals surface area contributed by atoms with Crippen molar-refractivity contribution in [1.29, 1.82) is 0 Å². The molecular formula is C16H29NO. The van der Waals surface area contributed by atoms with Gasteiger partial charge < -0.3 is 10.1 Å². The number of nitrogens with one attached hydrogen (secondary N) is 1. The van der Waals surface area contributed by atoms with E-state index in [1.807, 2.05) is 7.11 Å². The van der Waals surface area contributed by atoms with Gasteiger partial charge in [-0.2, -0.15) is 0 Å². The lowest BCUT2D eigenvalue weighted by molar-refractivity contribution is 0.0606. The van der Waals surface area contributed by atoms with Crippen LogP contribution in [0.1, 0.15) is 58.3 Å². The largest absolute Gasteiger partial charge is 0.379 e. The second-order valence-corrected chi connectivity index (χ2v) is 5.81. The lowest BCUT2D eigenvalue weighted by Crippen LogP contribution is -2.43. The molecule has 0 heterocycles. The van der Waals surface area contributed by atoms with E-state index in [2.05, 4.69) is 18.3 Å². The maximum absolute atomic E-state index is 5.81. The molecule has 2 aliphatic rings. The number of methoxy groups -OCH3 is 1. The van der Waals surface area contributed by atoms with Crippen LogP contribution in [0.5, 0.6) is 0 Å². The van der Waals surface area contributed by atoms with E-state index < -0.39 is 0 Å². The normalized spacial score (nSPS) is 24.9. The third-order valence-electron chi connectivity index (χ3n) is 4.34. The van der Waals surface area contributed by atoms with Gasteiger partial charge in [0.05, 0.1) is 12.1 Å². The summed E-state index contributed by atoms with van der Waals surface area (Å²) in [6.07, 6.45) is 13.7. The second kappa shape index (κ2) is 7.30. The van der Waals surface area contributed by atoms with Crippen LogP contribution in [-0.2, 0) is 4.74 Å². The Balaban J connectivity index is 2.05. The minimum atomic E-state index is 0.399. The molecule has 0 aromatic heterocycles. The molecule has 2 aliphatic carbocycles. The molecule has 0 bridgehead atoms. The Kier molecular flexibility index (Phi) is 5.71. The maximum Gasteiger partial charge on any atom is 0.0790 e. The first-order chi connectivity index (χ1) is 8.86. The van der Waals surface area contributed by atoms with E-state index in [4.69, 9.17) is 4.74 Å². The van der Waals surface area contributed by atoms with Gasteiger partial charge in [-0.3, -0.25) is 0 Å². The smallest absolute Gasteiger partial charge is 0.0790 e. The first-order valence-corrected chi connectivity index (χ1v) is 7.82. The quantitative estimate of drug-likeness (QED) is 0.727. The standard InChI is InChI=1S/C16H29NO/c1-3-17-15(16(18-2)14-11-12-14)13-9-7-5-4-6-8-10-13/h9,14-17H,3-8,10-12H2,1-2H3. The van der Waals surface area contributed by atoms with Crippen LogP contribution in [0, 0.1) is 5.92 Å². The molecule has 2 rings (SSSR count). The predicted octanol–water partition coefficient (Wildman–Crippen LogP) is 3.67. The first-order valence-electron chi connectivity index (χ1n) is 7.82. The molecule has 1 fully saturated rings. The van der Waals surface area contributed by atoms with E-state index in [1.165, 1.54) is 51.4 Å². The molecule has 0 saturated heterocycles. The Labute approximate surface area is 112 Å². The van der Waals surface area contributed by atoms with Crippen molar-refractivity contribution in [2.75, 3.05) is 13.7 Å². The summed E-state index contributed by atoms with van der Waals surface area (Å²) in [6, 6.07) is 0.464. The van der Waals surface area contributed by atoms with E-state index in [-0.39, 0.29) is 0 Å². The van der Waals surface area contributed by atoms with Crippen LogP contribution in [0.15, 0.2) is 11.6 Å². The van der Waals surface area contributed by atoms with Gasteiger partial charge >= 0.3 is 0 Å². The van der Waals surface area contributed by atoms with Crippen molar-refractivity contribution in [2.45, 2.75) is 70.4 Å². The molecule has 0 amide bonds. The molecule has 0 aliphatic heterocycles. The zero-order valence-electron chi connectivity index (χ0n) is 12.1. The highest BCUT2D eigenvalue weighted by Gasteiger charge is 2.37. The summed E-state index contributed by atoms with van der Waals surface area (Å²) in [7, 11) is 1.89. The van der Waals surface area contributed by atoms with Gasteiger partial charge in [0.1, 0.15) is 0 Å². The number of hydrogen-bond donors (Lipinski definition) is 1. The summed E-state index contributed by atoms with van der Waals surface area (Å²) in [5, 5.41) is 3.68. The van der Waals surface area contributed by atoms with Crippen LogP contribution in [0.4, 0.5) is 0 Å². The number of likely N-dealkylation sites (N-methyl/N-ethyl adjacent to an activating group) is 1. The Hall–Kier alpha value is -0.340. The molecule has 18 heavy (non-hydrogen) atoms. The molecule has 0 spiro atoms. The molecule has 2 nitrogen and oxygen atoms in total. The summed E-state index contributed by atoms with van der Waals surface area (Å²) in [5.41, 5.74) is 1.62. The molecule has 1 saturated carbocycles. The van der Waals surface area contributed by atoms with E-state index >= 15 is 0 Å². The zero-order chi connectivity index (χ0) is 12.8. The molecule has 2 atom stereocenters. The van der Waals surface area contributed by atoms with Crippen LogP contribution >= 0.6 is 0 Å². The van der Waals surface area contributed by atoms with Crippen molar-refractivity contribution in [3.8, 4) is 0 Å². The molecule has 2 heteroatoms. The van der Waals surface area contributed by atoms with Crippen molar-refractivity contribution in [2.24, 2.45) is 5.92 Å². The summed E-state index contributed by atoms with van der Waals surface area (Å²) in [5.74, 6) is 0.797. The minimum Gasteiger partial charge on any atom is -0.379 e. The Bertz CT molecular complexity index is 270. The molecule has 1 N–H and O–H groups in total. The van der Waals surface area contributed by atoms with Gasteiger partial charge in [-0.05, 0) is 51.0 Å². The average Bonchev–Trinajstić information content (AvgIpc) is 3.13. The van der Waals surface area contributed by atoms with E-state index in [0.29, 0.717) is 12.1 Å². The molecular weight excluding hydrogens is 222 g/mol. The predicted molar refractivity (Wildman–Crippen MR) is 76.8 cm³/mol. The summed E-state index contributed by atoms with van der Waals surface area (Å²) < 4.78 is 5.81. The van der Waals surface area contributed by atoms with Crippen molar-refractivity contribution < 1.29 is 4.74 Å². The maximum atomic E-state index is 5.81. The highest BCUT2D eigenvalue weighted by molar-refractivity contribution is 5.16. The van der Waals surface area contributed by atoms with Gasteiger partial charge in [0.15, 0.2) is 0 Å². The SMILES string of the molecule is CCNC(C1=CCCCCCC1)C(OC)C1CC1. The highest BCUT2D eigenvalue weighted by atomic mass is 16.5. The van der Waals surface area contributed by atoms with Crippen LogP contribution in [0.2, 0.25) is 0 Å². The van der Waals surface area contributed by atoms with Crippen molar-refractivity contribution in [3.05, 3.63) is 11.6 Å². The van der Waals surface area contributed by atoms with Gasteiger partial charge in [-0.1, -0.05) is 31.4 Å². The van der Waals surface area contributed by atoms with E-state index in [9.17, 15) is 0 Å². The lowest BCUT2D eigenvalue weighted by Gasteiger charge is -2.30. The van der Waals surface area contributed by atoms with Gasteiger partial charge in [-0.15, -0.1) is 0 Å². The molecule has 0 radical (unpaired) electrons. The fourth-order valence-electron chi connectivity index (χ4n) is 3.20. The number of allylic oxidation sites excluding steroid dienone is 1. The van der Waals surface area contributed by atoms with Gasteiger partial charge in [0.2, 0.25) is 0 Å². The third-order valence-corrected chi connectivity index (χ3v) is 4.34. The molecule has 104 valence electrons. The molecule has 0 aromatic carbocycles. The fraction of sp³-hybridized carbons (Fsp3) is 0.875. The monoisotopic (exact) mass is 251 g/mol. The first kappa shape index (κ1) is 14.1. The number of ether oxygens (including phenoxy) is 1. The molecule has 2 unspecified atom stereocenters. The summed E-state index contributed by atoms with van der Waals surface area (Å²) in [4.78, 5) is 0. The zero-order valence-corrected chi connectivity index (χ0v) is 12.1. The van der Waals surface area contributed by atoms with E-state index in [1.54, 1.807) is 5.57 Å². The summed E-state index contributed by atoms with van der Waals surface area (Å²) >= 11 is 0. The minimum absolute atomic E-state index is 0.399. The summed E-state index contributed by atoms with van der Waals surface area (Å²) in [6.45, 7) is 3.24. The van der Waals surface area contributed by atoms with Crippen LogP contribution in [0.3, 0.4) is 0 Å².